The van der Waals surface area contributed by atoms with Crippen LogP contribution in [0.15, 0.2) is 78.6 Å². The van der Waals surface area contributed by atoms with Gasteiger partial charge in [-0.3, -0.25) is 9.88 Å². The number of nitrogens with one attached hydrogen (secondary N) is 1. The molecule has 6 rings (SSSR count). The van der Waals surface area contributed by atoms with Crippen LogP contribution in [0.4, 0.5) is 5.69 Å². The van der Waals surface area contributed by atoms with Gasteiger partial charge in [0, 0.05) is 54.1 Å². The van der Waals surface area contributed by atoms with Crippen LogP contribution in [0.25, 0.3) is 6.08 Å². The highest BCUT2D eigenvalue weighted by Gasteiger charge is 2.54. The van der Waals surface area contributed by atoms with Crippen LogP contribution in [-0.4, -0.2) is 41.6 Å². The molecule has 1 spiro atoms. The van der Waals surface area contributed by atoms with E-state index in [9.17, 15) is 4.79 Å². The molecule has 190 valence electrons. The lowest BCUT2D eigenvalue weighted by molar-refractivity contribution is -0.147. The van der Waals surface area contributed by atoms with Crippen molar-refractivity contribution in [2.24, 2.45) is 5.92 Å². The number of carbonyl (C=O) groups is 1. The maximum atomic E-state index is 13.2. The molecule has 1 saturated carbocycles. The first-order chi connectivity index (χ1) is 18.0. The second-order valence-electron chi connectivity index (χ2n) is 10.7. The number of benzene rings is 2. The fourth-order valence-corrected chi connectivity index (χ4v) is 6.94. The third-order valence-corrected chi connectivity index (χ3v) is 8.87. The minimum absolute atomic E-state index is 0.0302. The summed E-state index contributed by atoms with van der Waals surface area (Å²) < 4.78 is 5.33. The molecular weight excluding hydrogens is 482 g/mol. The van der Waals surface area contributed by atoms with Crippen molar-refractivity contribution in [1.82, 2.24) is 9.88 Å². The molecule has 1 aromatic heterocycles. The minimum atomic E-state index is -0.764. The number of nitrogens with zero attached hydrogens (tertiary/aromatic N) is 2. The van der Waals surface area contributed by atoms with Gasteiger partial charge in [-0.05, 0) is 72.7 Å². The Balaban J connectivity index is 1.24. The number of methoxy groups -OCH3 is 1. The van der Waals surface area contributed by atoms with E-state index in [1.165, 1.54) is 23.8 Å². The highest BCUT2D eigenvalue weighted by Crippen LogP contribution is 2.56. The Kier molecular flexibility index (Phi) is 6.29. The van der Waals surface area contributed by atoms with Crippen molar-refractivity contribution in [2.45, 2.75) is 43.2 Å². The lowest BCUT2D eigenvalue weighted by Gasteiger charge is -2.50. The van der Waals surface area contributed by atoms with Gasteiger partial charge in [-0.15, -0.1) is 0 Å². The molecule has 2 aromatic carbocycles. The number of pyridine rings is 1. The van der Waals surface area contributed by atoms with Crippen molar-refractivity contribution in [1.29, 1.82) is 0 Å². The van der Waals surface area contributed by atoms with E-state index >= 15 is 0 Å². The molecular formula is C31H32ClN3O2. The van der Waals surface area contributed by atoms with Crippen LogP contribution in [-0.2, 0) is 21.5 Å². The van der Waals surface area contributed by atoms with Gasteiger partial charge in [-0.2, -0.15) is 0 Å². The second kappa shape index (κ2) is 9.62. The van der Waals surface area contributed by atoms with E-state index in [4.69, 9.17) is 16.3 Å². The molecule has 0 radical (unpaired) electrons. The summed E-state index contributed by atoms with van der Waals surface area (Å²) in [5.41, 5.74) is 5.65. The van der Waals surface area contributed by atoms with Crippen LogP contribution in [0.5, 0.6) is 0 Å². The number of anilines is 1. The lowest BCUT2D eigenvalue weighted by atomic mass is 9.59. The predicted molar refractivity (Wildman–Crippen MR) is 147 cm³/mol. The normalized spacial score (nSPS) is 25.3. The fourth-order valence-electron chi connectivity index (χ4n) is 6.75. The number of halogens is 1. The molecule has 1 saturated heterocycles. The quantitative estimate of drug-likeness (QED) is 0.404. The van der Waals surface area contributed by atoms with Crippen LogP contribution in [0.2, 0.25) is 5.02 Å². The number of hydrogen-bond acceptors (Lipinski definition) is 5. The summed E-state index contributed by atoms with van der Waals surface area (Å²) in [5, 5.41) is 4.18. The molecule has 5 nitrogen and oxygen atoms in total. The maximum Gasteiger partial charge on any atom is 0.331 e. The molecule has 3 aromatic rings. The van der Waals surface area contributed by atoms with E-state index in [1.54, 1.807) is 5.57 Å². The number of fused-ring (bicyclic) bond motifs is 2. The molecule has 2 fully saturated rings. The first-order valence-electron chi connectivity index (χ1n) is 13.1. The highest BCUT2D eigenvalue weighted by atomic mass is 35.5. The molecule has 0 bridgehead atoms. The summed E-state index contributed by atoms with van der Waals surface area (Å²) in [5.74, 6) is 0.326. The Morgan fingerprint density at radius 3 is 2.54 bits per heavy atom. The number of hydrogen-bond donors (Lipinski definition) is 1. The summed E-state index contributed by atoms with van der Waals surface area (Å²) in [4.78, 5) is 19.8. The first-order valence-corrected chi connectivity index (χ1v) is 13.4. The molecule has 0 amide bonds. The topological polar surface area (TPSA) is 54.5 Å². The highest BCUT2D eigenvalue weighted by molar-refractivity contribution is 6.30. The van der Waals surface area contributed by atoms with Crippen LogP contribution in [0.1, 0.15) is 42.4 Å². The Morgan fingerprint density at radius 1 is 1.05 bits per heavy atom. The van der Waals surface area contributed by atoms with Crippen LogP contribution < -0.4 is 5.32 Å². The standard InChI is InChI=1S/C31H32ClN3O2/c1-37-29(36)31(34-26-7-4-6-25(32)18-26)13-11-30(12-14-31)27-8-3-2-5-23(27)17-28(30)24-20-35(21-24)19-22-9-15-33-16-10-22/h2-10,15-18,24,34H,11-14,19-21H2,1H3. The third kappa shape index (κ3) is 4.34. The molecule has 2 heterocycles. The number of rotatable bonds is 6. The van der Waals surface area contributed by atoms with Gasteiger partial charge < -0.3 is 10.1 Å². The molecule has 6 heteroatoms. The molecule has 0 unspecified atom stereocenters. The average molecular weight is 514 g/mol. The van der Waals surface area contributed by atoms with Gasteiger partial charge >= 0.3 is 5.97 Å². The van der Waals surface area contributed by atoms with Gasteiger partial charge in [0.1, 0.15) is 5.54 Å². The number of carbonyl (C=O) groups excluding carboxylic acids is 1. The summed E-state index contributed by atoms with van der Waals surface area (Å²) in [6, 6.07) is 20.6. The summed E-state index contributed by atoms with van der Waals surface area (Å²) in [6.45, 7) is 3.08. The van der Waals surface area contributed by atoms with E-state index in [2.05, 4.69) is 57.7 Å². The molecule has 3 aliphatic rings. The SMILES string of the molecule is COC(=O)C1(Nc2cccc(Cl)c2)CCC2(CC1)C(C1CN(Cc3ccncc3)C1)=Cc1ccccc12. The average Bonchev–Trinajstić information content (AvgIpc) is 3.21. The summed E-state index contributed by atoms with van der Waals surface area (Å²) in [7, 11) is 1.48. The van der Waals surface area contributed by atoms with Gasteiger partial charge in [-0.1, -0.05) is 53.6 Å². The van der Waals surface area contributed by atoms with Crippen molar-refractivity contribution in [2.75, 3.05) is 25.5 Å². The number of ether oxygens (including phenoxy) is 1. The Bertz CT molecular complexity index is 1330. The number of aromatic nitrogens is 1. The third-order valence-electron chi connectivity index (χ3n) is 8.63. The van der Waals surface area contributed by atoms with Crippen LogP contribution >= 0.6 is 11.6 Å². The van der Waals surface area contributed by atoms with E-state index < -0.39 is 5.54 Å². The van der Waals surface area contributed by atoms with Crippen LogP contribution in [0, 0.1) is 5.92 Å². The van der Waals surface area contributed by atoms with Gasteiger partial charge in [0.2, 0.25) is 0 Å². The van der Waals surface area contributed by atoms with Gasteiger partial charge in [0.25, 0.3) is 0 Å². The van der Waals surface area contributed by atoms with Gasteiger partial charge in [-0.25, -0.2) is 4.79 Å². The maximum absolute atomic E-state index is 13.2. The molecule has 2 aliphatic carbocycles. The zero-order chi connectivity index (χ0) is 25.5. The minimum Gasteiger partial charge on any atom is -0.467 e. The van der Waals surface area contributed by atoms with E-state index in [0.29, 0.717) is 23.8 Å². The van der Waals surface area contributed by atoms with Crippen LogP contribution in [0.3, 0.4) is 0 Å². The van der Waals surface area contributed by atoms with Crippen molar-refractivity contribution < 1.29 is 9.53 Å². The van der Waals surface area contributed by atoms with Gasteiger partial charge in [0.05, 0.1) is 7.11 Å². The lowest BCUT2D eigenvalue weighted by Crippen LogP contribution is -2.55. The monoisotopic (exact) mass is 513 g/mol. The fraction of sp³-hybridized carbons (Fsp3) is 0.355. The molecule has 37 heavy (non-hydrogen) atoms. The zero-order valence-corrected chi connectivity index (χ0v) is 21.9. The zero-order valence-electron chi connectivity index (χ0n) is 21.1. The Labute approximate surface area is 223 Å². The van der Waals surface area contributed by atoms with E-state index in [1.807, 2.05) is 36.7 Å². The van der Waals surface area contributed by atoms with Crippen molar-refractivity contribution in [3.05, 3.63) is 100 Å². The largest absolute Gasteiger partial charge is 0.467 e. The van der Waals surface area contributed by atoms with E-state index in [0.717, 1.165) is 38.2 Å². The summed E-state index contributed by atoms with van der Waals surface area (Å²) in [6.07, 6.45) is 9.38. The second-order valence-corrected chi connectivity index (χ2v) is 11.2. The number of esters is 1. The smallest absolute Gasteiger partial charge is 0.331 e. The molecule has 1 aliphatic heterocycles. The Morgan fingerprint density at radius 2 is 1.81 bits per heavy atom. The van der Waals surface area contributed by atoms with Gasteiger partial charge in [0.15, 0.2) is 0 Å². The molecule has 1 N–H and O–H groups in total. The number of likely N-dealkylation sites (tertiary alicyclic amines) is 1. The predicted octanol–water partition coefficient (Wildman–Crippen LogP) is 6.10. The van der Waals surface area contributed by atoms with Crippen molar-refractivity contribution >= 4 is 29.3 Å². The van der Waals surface area contributed by atoms with E-state index in [-0.39, 0.29) is 11.4 Å². The van der Waals surface area contributed by atoms with Crippen molar-refractivity contribution in [3.63, 3.8) is 0 Å². The first kappa shape index (κ1) is 24.2. The molecule has 0 atom stereocenters. The summed E-state index contributed by atoms with van der Waals surface area (Å²) >= 11 is 6.24. The van der Waals surface area contributed by atoms with Crippen molar-refractivity contribution in [3.8, 4) is 0 Å². The Hall–Kier alpha value is -3.15.